The highest BCUT2D eigenvalue weighted by atomic mass is 16.7. The number of fused-ring (bicyclic) bond motifs is 1. The highest BCUT2D eigenvalue weighted by molar-refractivity contribution is 5.96. The first-order valence-electron chi connectivity index (χ1n) is 12.6. The quantitative estimate of drug-likeness (QED) is 0.142. The molecule has 10 N–H and O–H groups in total. The summed E-state index contributed by atoms with van der Waals surface area (Å²) in [7, 11) is 0. The van der Waals surface area contributed by atoms with Crippen LogP contribution >= 0.6 is 0 Å². The molecule has 42 heavy (non-hydrogen) atoms. The van der Waals surface area contributed by atoms with E-state index < -0.39 is 108 Å². The molecule has 0 spiro atoms. The Morgan fingerprint density at radius 1 is 0.786 bits per heavy atom. The van der Waals surface area contributed by atoms with Gasteiger partial charge in [0.25, 0.3) is 0 Å². The summed E-state index contributed by atoms with van der Waals surface area (Å²) in [4.78, 5) is 13.7. The highest BCUT2D eigenvalue weighted by Gasteiger charge is 2.46. The van der Waals surface area contributed by atoms with Crippen LogP contribution in [-0.2, 0) is 9.47 Å². The Morgan fingerprint density at radius 2 is 1.43 bits per heavy atom. The lowest BCUT2D eigenvalue weighted by Gasteiger charge is -2.39. The molecule has 1 aromatic heterocycles. The molecule has 0 aliphatic carbocycles. The Morgan fingerprint density at radius 3 is 2.10 bits per heavy atom. The molecule has 9 atom stereocenters. The first-order chi connectivity index (χ1) is 19.9. The summed E-state index contributed by atoms with van der Waals surface area (Å²) >= 11 is 0. The number of ether oxygens (including phenoxy) is 4. The number of aliphatic hydroxyl groups excluding tert-OH is 7. The molecular weight excluding hydrogens is 568 g/mol. The van der Waals surface area contributed by atoms with Gasteiger partial charge in [0.1, 0.15) is 60.1 Å². The van der Waals surface area contributed by atoms with Crippen molar-refractivity contribution >= 4 is 11.0 Å². The van der Waals surface area contributed by atoms with Crippen LogP contribution in [0.25, 0.3) is 22.1 Å². The standard InChI is InChI=1S/C26H28O16/c27-5-12-16(32)17(33)19(35)26(40-12)41-23-13-14(30)10(8-1-3-9(28)4-2-8)6-38-22(13)20(36)24(21(23)37)42-25-18(34)15(31)11(29)7-39-25/h1-4,6,11-12,15-19,25-29,31-37H,5,7H2/t11-,12+,15-,16-,17-,18+,19+,25-,26-/m0/s1. The van der Waals surface area contributed by atoms with E-state index in [0.717, 1.165) is 6.26 Å². The first kappa shape index (κ1) is 29.8. The smallest absolute Gasteiger partial charge is 0.229 e. The number of hydrogen-bond acceptors (Lipinski definition) is 16. The average molecular weight is 596 g/mol. The maximum absolute atomic E-state index is 13.7. The van der Waals surface area contributed by atoms with E-state index in [4.69, 9.17) is 23.4 Å². The molecule has 3 heterocycles. The Kier molecular flexibility index (Phi) is 8.17. The molecule has 2 saturated heterocycles. The monoisotopic (exact) mass is 596 g/mol. The van der Waals surface area contributed by atoms with Crippen LogP contribution in [0.15, 0.2) is 39.7 Å². The maximum atomic E-state index is 13.7. The van der Waals surface area contributed by atoms with E-state index in [2.05, 4.69) is 0 Å². The number of aromatic hydroxyl groups is 3. The molecule has 2 aromatic carbocycles. The van der Waals surface area contributed by atoms with Crippen molar-refractivity contribution in [3.05, 3.63) is 40.8 Å². The minimum atomic E-state index is -1.98. The maximum Gasteiger partial charge on any atom is 0.229 e. The Bertz CT molecular complexity index is 1490. The molecule has 0 radical (unpaired) electrons. The van der Waals surface area contributed by atoms with Crippen molar-refractivity contribution in [3.8, 4) is 39.9 Å². The van der Waals surface area contributed by atoms with Crippen LogP contribution in [0.3, 0.4) is 0 Å². The van der Waals surface area contributed by atoms with E-state index in [0.29, 0.717) is 0 Å². The molecular formula is C26H28O16. The third-order valence-corrected chi connectivity index (χ3v) is 7.03. The zero-order valence-electron chi connectivity index (χ0n) is 21.4. The Hall–Kier alpha value is -3.71. The molecule has 16 nitrogen and oxygen atoms in total. The third kappa shape index (κ3) is 5.08. The van der Waals surface area contributed by atoms with Crippen LogP contribution in [0.5, 0.6) is 28.7 Å². The first-order valence-corrected chi connectivity index (χ1v) is 12.6. The van der Waals surface area contributed by atoms with Crippen molar-refractivity contribution in [2.45, 2.75) is 55.3 Å². The number of benzene rings is 2. The van der Waals surface area contributed by atoms with Gasteiger partial charge in [0.05, 0.1) is 18.8 Å². The Labute approximate surface area is 235 Å². The fraction of sp³-hybridized carbons (Fsp3) is 0.423. The molecule has 0 amide bonds. The van der Waals surface area contributed by atoms with Gasteiger partial charge in [0.15, 0.2) is 11.3 Å². The van der Waals surface area contributed by atoms with E-state index in [1.54, 1.807) is 0 Å². The van der Waals surface area contributed by atoms with Crippen LogP contribution in [0.1, 0.15) is 0 Å². The van der Waals surface area contributed by atoms with Crippen LogP contribution < -0.4 is 14.9 Å². The van der Waals surface area contributed by atoms with Crippen molar-refractivity contribution in [1.29, 1.82) is 0 Å². The molecule has 5 rings (SSSR count). The molecule has 0 saturated carbocycles. The summed E-state index contributed by atoms with van der Waals surface area (Å²) in [5, 5.41) is 102. The highest BCUT2D eigenvalue weighted by Crippen LogP contribution is 2.51. The molecule has 16 heteroatoms. The van der Waals surface area contributed by atoms with Gasteiger partial charge in [0.2, 0.25) is 35.3 Å². The number of aliphatic hydroxyl groups is 7. The summed E-state index contributed by atoms with van der Waals surface area (Å²) < 4.78 is 27.0. The van der Waals surface area contributed by atoms with Gasteiger partial charge in [-0.1, -0.05) is 12.1 Å². The zero-order chi connectivity index (χ0) is 30.5. The van der Waals surface area contributed by atoms with Gasteiger partial charge in [0, 0.05) is 0 Å². The van der Waals surface area contributed by atoms with Crippen LogP contribution in [0.4, 0.5) is 0 Å². The fourth-order valence-corrected chi connectivity index (χ4v) is 4.63. The van der Waals surface area contributed by atoms with Crippen LogP contribution in [-0.4, -0.2) is 120 Å². The van der Waals surface area contributed by atoms with Gasteiger partial charge in [-0.3, -0.25) is 4.79 Å². The predicted molar refractivity (Wildman–Crippen MR) is 136 cm³/mol. The van der Waals surface area contributed by atoms with Crippen LogP contribution in [0, 0.1) is 0 Å². The second-order valence-corrected chi connectivity index (χ2v) is 9.77. The van der Waals surface area contributed by atoms with Gasteiger partial charge in [-0.15, -0.1) is 0 Å². The van der Waals surface area contributed by atoms with Crippen molar-refractivity contribution in [2.24, 2.45) is 0 Å². The number of rotatable bonds is 6. The van der Waals surface area contributed by atoms with Crippen molar-refractivity contribution in [2.75, 3.05) is 13.2 Å². The summed E-state index contributed by atoms with van der Waals surface area (Å²) in [6.45, 7) is -1.32. The fourth-order valence-electron chi connectivity index (χ4n) is 4.63. The van der Waals surface area contributed by atoms with E-state index >= 15 is 0 Å². The molecule has 2 aliphatic rings. The minimum Gasteiger partial charge on any atom is -0.508 e. The van der Waals surface area contributed by atoms with Gasteiger partial charge >= 0.3 is 0 Å². The second-order valence-electron chi connectivity index (χ2n) is 9.77. The summed E-state index contributed by atoms with van der Waals surface area (Å²) in [6.07, 6.45) is -14.9. The van der Waals surface area contributed by atoms with Crippen molar-refractivity contribution in [1.82, 2.24) is 0 Å². The number of hydrogen-bond donors (Lipinski definition) is 10. The van der Waals surface area contributed by atoms with Gasteiger partial charge < -0.3 is 74.4 Å². The average Bonchev–Trinajstić information content (AvgIpc) is 2.97. The van der Waals surface area contributed by atoms with Gasteiger partial charge in [-0.05, 0) is 17.7 Å². The molecule has 0 unspecified atom stereocenters. The largest absolute Gasteiger partial charge is 0.508 e. The van der Waals surface area contributed by atoms with Gasteiger partial charge in [-0.25, -0.2) is 0 Å². The van der Waals surface area contributed by atoms with E-state index in [1.165, 1.54) is 24.3 Å². The molecule has 3 aromatic rings. The number of phenols is 3. The molecule has 228 valence electrons. The van der Waals surface area contributed by atoms with E-state index in [1.807, 2.05) is 0 Å². The lowest BCUT2D eigenvalue weighted by Crippen LogP contribution is -2.60. The second kappa shape index (κ2) is 11.5. The molecule has 2 fully saturated rings. The van der Waals surface area contributed by atoms with Crippen LogP contribution in [0.2, 0.25) is 0 Å². The summed E-state index contributed by atoms with van der Waals surface area (Å²) in [6, 6.07) is 5.34. The normalized spacial score (nSPS) is 31.6. The van der Waals surface area contributed by atoms with Crippen molar-refractivity contribution < 1.29 is 74.4 Å². The lowest BCUT2D eigenvalue weighted by atomic mass is 9.99. The third-order valence-electron chi connectivity index (χ3n) is 7.03. The minimum absolute atomic E-state index is 0.0996. The lowest BCUT2D eigenvalue weighted by molar-refractivity contribution is -0.277. The predicted octanol–water partition coefficient (Wildman–Crippen LogP) is -2.43. The van der Waals surface area contributed by atoms with Crippen molar-refractivity contribution in [3.63, 3.8) is 0 Å². The molecule has 2 aliphatic heterocycles. The Balaban J connectivity index is 1.67. The van der Waals surface area contributed by atoms with E-state index in [9.17, 15) is 55.9 Å². The zero-order valence-corrected chi connectivity index (χ0v) is 21.4. The SMILES string of the molecule is O=c1c(-c2ccc(O)cc2)coc2c(O)c(O[C@@H]3OC[C@H](O)[C@H](O)[C@H]3O)c(O)c(O[C@@H]3O[C@H](CO)[C@H](O)[C@H](O)[C@H]3O)c12. The topological polar surface area (TPSA) is 269 Å². The molecule has 0 bridgehead atoms. The van der Waals surface area contributed by atoms with E-state index in [-0.39, 0.29) is 16.9 Å². The summed E-state index contributed by atoms with van der Waals surface area (Å²) in [5.74, 6) is -3.88. The summed E-state index contributed by atoms with van der Waals surface area (Å²) in [5.41, 5.74) is -1.41. The van der Waals surface area contributed by atoms with Gasteiger partial charge in [-0.2, -0.15) is 0 Å². The number of phenolic OH excluding ortho intramolecular Hbond substituents is 3.